The van der Waals surface area contributed by atoms with E-state index in [0.717, 1.165) is 5.92 Å². The minimum Gasteiger partial charge on any atom is -0.245 e. The zero-order chi connectivity index (χ0) is 15.1. The fourth-order valence-electron chi connectivity index (χ4n) is 6.55. The molecule has 0 N–H and O–H groups in total. The topological polar surface area (TPSA) is 12.9 Å². The lowest BCUT2D eigenvalue weighted by Gasteiger charge is -2.64. The van der Waals surface area contributed by atoms with Gasteiger partial charge in [-0.15, -0.1) is 11.3 Å². The molecule has 1 aromatic rings. The molecule has 4 aliphatic rings. The summed E-state index contributed by atoms with van der Waals surface area (Å²) >= 11 is 1.95. The molecule has 2 heteroatoms. The molecule has 4 aliphatic carbocycles. The molecule has 116 valence electrons. The molecule has 0 amide bonds. The number of nitrogens with zero attached hydrogens (tertiary/aromatic N) is 1. The second kappa shape index (κ2) is 3.93. The van der Waals surface area contributed by atoms with Crippen LogP contribution in [-0.4, -0.2) is 4.98 Å². The molecule has 4 saturated carbocycles. The third-order valence-electron chi connectivity index (χ3n) is 6.35. The van der Waals surface area contributed by atoms with Crippen molar-refractivity contribution >= 4 is 11.3 Å². The van der Waals surface area contributed by atoms with Gasteiger partial charge >= 0.3 is 0 Å². The molecule has 4 bridgehead atoms. The summed E-state index contributed by atoms with van der Waals surface area (Å²) in [6.45, 7) is 12.0. The molecule has 0 aliphatic heterocycles. The first-order valence-electron chi connectivity index (χ1n) is 8.58. The van der Waals surface area contributed by atoms with E-state index in [0.29, 0.717) is 16.2 Å². The maximum Gasteiger partial charge on any atom is 0.0990 e. The van der Waals surface area contributed by atoms with E-state index in [-0.39, 0.29) is 5.41 Å². The highest BCUT2D eigenvalue weighted by Crippen LogP contribution is 2.70. The first-order valence-corrected chi connectivity index (χ1v) is 9.46. The molecule has 0 radical (unpaired) electrons. The quantitative estimate of drug-likeness (QED) is 0.649. The Hall–Kier alpha value is -0.370. The maximum atomic E-state index is 5.15. The van der Waals surface area contributed by atoms with Crippen LogP contribution in [0.15, 0.2) is 5.38 Å². The molecule has 1 nitrogen and oxygen atoms in total. The number of hydrogen-bond acceptors (Lipinski definition) is 2. The van der Waals surface area contributed by atoms with Crippen LogP contribution in [0.5, 0.6) is 0 Å². The van der Waals surface area contributed by atoms with Crippen molar-refractivity contribution in [1.82, 2.24) is 4.98 Å². The molecule has 0 saturated heterocycles. The predicted octanol–water partition coefficient (Wildman–Crippen LogP) is 5.69. The summed E-state index contributed by atoms with van der Waals surface area (Å²) < 4.78 is 0. The molecular weight excluding hydrogens is 274 g/mol. The van der Waals surface area contributed by atoms with Crippen molar-refractivity contribution in [3.05, 3.63) is 16.1 Å². The van der Waals surface area contributed by atoms with Gasteiger partial charge in [-0.25, -0.2) is 4.98 Å². The van der Waals surface area contributed by atoms with Gasteiger partial charge in [-0.05, 0) is 55.3 Å². The van der Waals surface area contributed by atoms with E-state index < -0.39 is 0 Å². The SMILES string of the molecule is CC12CC3CC(C)(C1)CC(c1nc(C(C)(C)C)cs1)(C3)C2. The molecule has 1 aromatic heterocycles. The summed E-state index contributed by atoms with van der Waals surface area (Å²) in [7, 11) is 0. The average Bonchev–Trinajstić information content (AvgIpc) is 2.71. The highest BCUT2D eigenvalue weighted by molar-refractivity contribution is 7.09. The van der Waals surface area contributed by atoms with Crippen molar-refractivity contribution in [3.8, 4) is 0 Å². The van der Waals surface area contributed by atoms with Gasteiger partial charge in [-0.3, -0.25) is 0 Å². The largest absolute Gasteiger partial charge is 0.245 e. The smallest absolute Gasteiger partial charge is 0.0990 e. The van der Waals surface area contributed by atoms with E-state index >= 15 is 0 Å². The molecule has 1 heterocycles. The Labute approximate surface area is 133 Å². The second-order valence-electron chi connectivity index (χ2n) is 10.2. The molecule has 2 atom stereocenters. The van der Waals surface area contributed by atoms with Gasteiger partial charge < -0.3 is 0 Å². The Morgan fingerprint density at radius 2 is 1.67 bits per heavy atom. The van der Waals surface area contributed by atoms with E-state index in [1.807, 2.05) is 11.3 Å². The van der Waals surface area contributed by atoms with Crippen LogP contribution in [0, 0.1) is 16.7 Å². The average molecular weight is 304 g/mol. The van der Waals surface area contributed by atoms with Crippen LogP contribution in [0.1, 0.15) is 83.8 Å². The molecule has 4 fully saturated rings. The minimum atomic E-state index is 0.185. The predicted molar refractivity (Wildman–Crippen MR) is 89.9 cm³/mol. The van der Waals surface area contributed by atoms with Crippen molar-refractivity contribution < 1.29 is 0 Å². The van der Waals surface area contributed by atoms with Gasteiger partial charge in [0.2, 0.25) is 0 Å². The lowest BCUT2D eigenvalue weighted by Crippen LogP contribution is -2.56. The van der Waals surface area contributed by atoms with Crippen molar-refractivity contribution in [3.63, 3.8) is 0 Å². The number of thiazole rings is 1. The van der Waals surface area contributed by atoms with Gasteiger partial charge in [0.25, 0.3) is 0 Å². The molecule has 21 heavy (non-hydrogen) atoms. The van der Waals surface area contributed by atoms with Crippen LogP contribution in [0.25, 0.3) is 0 Å². The summed E-state index contributed by atoms with van der Waals surface area (Å²) in [5.41, 5.74) is 3.07. The first kappa shape index (κ1) is 14.2. The molecule has 0 spiro atoms. The van der Waals surface area contributed by atoms with E-state index in [9.17, 15) is 0 Å². The summed E-state index contributed by atoms with van der Waals surface area (Å²) in [6, 6.07) is 0. The van der Waals surface area contributed by atoms with Gasteiger partial charge in [0.05, 0.1) is 10.7 Å². The van der Waals surface area contributed by atoms with Crippen LogP contribution in [0.3, 0.4) is 0 Å². The Morgan fingerprint density at radius 1 is 1.05 bits per heavy atom. The summed E-state index contributed by atoms with van der Waals surface area (Å²) in [6.07, 6.45) is 8.60. The summed E-state index contributed by atoms with van der Waals surface area (Å²) in [5.74, 6) is 0.957. The lowest BCUT2D eigenvalue weighted by atomic mass is 9.40. The minimum absolute atomic E-state index is 0.185. The van der Waals surface area contributed by atoms with Crippen LogP contribution >= 0.6 is 11.3 Å². The molecule has 5 rings (SSSR count). The number of aromatic nitrogens is 1. The summed E-state index contributed by atoms with van der Waals surface area (Å²) in [4.78, 5) is 5.15. The van der Waals surface area contributed by atoms with Gasteiger partial charge in [0, 0.05) is 16.2 Å². The van der Waals surface area contributed by atoms with E-state index in [4.69, 9.17) is 4.98 Å². The van der Waals surface area contributed by atoms with Gasteiger partial charge in [-0.2, -0.15) is 0 Å². The monoisotopic (exact) mass is 303 g/mol. The fourth-order valence-corrected chi connectivity index (χ4v) is 7.81. The van der Waals surface area contributed by atoms with E-state index in [1.165, 1.54) is 49.2 Å². The normalized spacial score (nSPS) is 45.3. The Balaban J connectivity index is 1.76. The third kappa shape index (κ3) is 2.12. The maximum absolute atomic E-state index is 5.15. The third-order valence-corrected chi connectivity index (χ3v) is 7.44. The zero-order valence-electron chi connectivity index (χ0n) is 14.3. The molecule has 2 unspecified atom stereocenters. The Bertz CT molecular complexity index is 561. The zero-order valence-corrected chi connectivity index (χ0v) is 15.1. The van der Waals surface area contributed by atoms with E-state index in [1.54, 1.807) is 0 Å². The number of hydrogen-bond donors (Lipinski definition) is 0. The van der Waals surface area contributed by atoms with Gasteiger partial charge in [0.15, 0.2) is 0 Å². The number of rotatable bonds is 1. The highest BCUT2D eigenvalue weighted by Gasteiger charge is 2.61. The highest BCUT2D eigenvalue weighted by atomic mass is 32.1. The van der Waals surface area contributed by atoms with Crippen molar-refractivity contribution in [2.75, 3.05) is 0 Å². The molecular formula is C19H29NS. The van der Waals surface area contributed by atoms with Crippen LogP contribution in [0.2, 0.25) is 0 Å². The summed E-state index contributed by atoms with van der Waals surface area (Å²) in [5, 5.41) is 3.80. The second-order valence-corrected chi connectivity index (χ2v) is 11.1. The van der Waals surface area contributed by atoms with Crippen LogP contribution in [-0.2, 0) is 10.8 Å². The lowest BCUT2D eigenvalue weighted by molar-refractivity contribution is -0.110. The Morgan fingerprint density at radius 3 is 2.14 bits per heavy atom. The van der Waals surface area contributed by atoms with Crippen molar-refractivity contribution in [1.29, 1.82) is 0 Å². The van der Waals surface area contributed by atoms with E-state index in [2.05, 4.69) is 40.0 Å². The van der Waals surface area contributed by atoms with Crippen LogP contribution in [0.4, 0.5) is 0 Å². The standard InChI is InChI=1S/C19H29NS/c1-16(2,3)14-9-21-15(20-14)19-8-13-6-17(4,11-19)10-18(5,7-13)12-19/h9,13H,6-8,10-12H2,1-5H3. The van der Waals surface area contributed by atoms with Gasteiger partial charge in [0.1, 0.15) is 0 Å². The fraction of sp³-hybridized carbons (Fsp3) is 0.842. The van der Waals surface area contributed by atoms with Crippen LogP contribution < -0.4 is 0 Å². The van der Waals surface area contributed by atoms with Crippen molar-refractivity contribution in [2.24, 2.45) is 16.7 Å². The molecule has 0 aromatic carbocycles. The van der Waals surface area contributed by atoms with Crippen molar-refractivity contribution in [2.45, 2.75) is 84.0 Å². The van der Waals surface area contributed by atoms with Gasteiger partial charge in [-0.1, -0.05) is 34.6 Å². The Kier molecular flexibility index (Phi) is 2.67. The first-order chi connectivity index (χ1) is 9.62.